The molecule has 1 aliphatic rings. The van der Waals surface area contributed by atoms with E-state index in [0.717, 1.165) is 5.56 Å². The fourth-order valence-electron chi connectivity index (χ4n) is 2.93. The highest BCUT2D eigenvalue weighted by Crippen LogP contribution is 2.33. The number of aryl methyl sites for hydroxylation is 1. The lowest BCUT2D eigenvalue weighted by atomic mass is 10.2. The van der Waals surface area contributed by atoms with Gasteiger partial charge in [-0.05, 0) is 30.7 Å². The Balaban J connectivity index is 1.92. The molecule has 2 N–H and O–H groups in total. The van der Waals surface area contributed by atoms with Crippen LogP contribution in [-0.2, 0) is 14.3 Å². The molecule has 0 saturated carbocycles. The van der Waals surface area contributed by atoms with Crippen LogP contribution in [-0.4, -0.2) is 48.7 Å². The smallest absolute Gasteiger partial charge is 0.337 e. The monoisotopic (exact) mass is 382 g/mol. The summed E-state index contributed by atoms with van der Waals surface area (Å²) in [7, 11) is 1.27. The van der Waals surface area contributed by atoms with Gasteiger partial charge in [0.1, 0.15) is 11.4 Å². The number of nitrogens with one attached hydrogen (secondary N) is 1. The summed E-state index contributed by atoms with van der Waals surface area (Å²) in [5.74, 6) is 0.245. The van der Waals surface area contributed by atoms with Gasteiger partial charge in [0, 0.05) is 6.54 Å². The van der Waals surface area contributed by atoms with Crippen LogP contribution in [0, 0.1) is 6.92 Å². The Morgan fingerprint density at radius 1 is 1.14 bits per heavy atom. The summed E-state index contributed by atoms with van der Waals surface area (Å²) in [5.41, 5.74) is 1.85. The first-order valence-electron chi connectivity index (χ1n) is 8.86. The van der Waals surface area contributed by atoms with Gasteiger partial charge in [-0.1, -0.05) is 30.3 Å². The number of para-hydroxylation sites is 3. The number of hydrogen-bond donors (Lipinski definition) is 2. The normalized spacial score (nSPS) is 13.7. The number of methoxy groups -OCH3 is 1. The number of nitrogens with zero attached hydrogens (tertiary/aromatic N) is 1. The van der Waals surface area contributed by atoms with Crippen molar-refractivity contribution >= 4 is 17.6 Å². The first-order chi connectivity index (χ1) is 13.5. The topological polar surface area (TPSA) is 88.1 Å². The van der Waals surface area contributed by atoms with Crippen LogP contribution in [0.1, 0.15) is 5.56 Å². The second-order valence-electron chi connectivity index (χ2n) is 6.28. The largest absolute Gasteiger partial charge is 0.466 e. The lowest BCUT2D eigenvalue weighted by Crippen LogP contribution is -2.31. The molecule has 0 atom stereocenters. The summed E-state index contributed by atoms with van der Waals surface area (Å²) in [6.07, 6.45) is 0. The number of carbonyl (C=O) groups is 2. The third kappa shape index (κ3) is 3.99. The molecular weight excluding hydrogens is 360 g/mol. The molecule has 1 aliphatic heterocycles. The van der Waals surface area contributed by atoms with E-state index in [4.69, 9.17) is 14.6 Å². The Morgan fingerprint density at radius 2 is 1.82 bits per heavy atom. The number of amides is 1. The van der Waals surface area contributed by atoms with Gasteiger partial charge in [-0.2, -0.15) is 0 Å². The van der Waals surface area contributed by atoms with E-state index in [9.17, 15) is 9.59 Å². The maximum Gasteiger partial charge on any atom is 0.337 e. The molecule has 28 heavy (non-hydrogen) atoms. The summed E-state index contributed by atoms with van der Waals surface area (Å²) in [5, 5.41) is 12.2. The van der Waals surface area contributed by atoms with Crippen molar-refractivity contribution in [2.75, 3.05) is 32.1 Å². The summed E-state index contributed by atoms with van der Waals surface area (Å²) < 4.78 is 10.8. The van der Waals surface area contributed by atoms with Crippen LogP contribution in [0.4, 0.5) is 5.69 Å². The maximum atomic E-state index is 12.7. The average Bonchev–Trinajstić information content (AvgIpc) is 3.00. The summed E-state index contributed by atoms with van der Waals surface area (Å²) >= 11 is 0. The minimum Gasteiger partial charge on any atom is -0.466 e. The lowest BCUT2D eigenvalue weighted by molar-refractivity contribution is -0.136. The molecule has 7 nitrogen and oxygen atoms in total. The van der Waals surface area contributed by atoms with E-state index in [1.54, 1.807) is 18.2 Å². The molecule has 0 spiro atoms. The van der Waals surface area contributed by atoms with Crippen LogP contribution >= 0.6 is 0 Å². The van der Waals surface area contributed by atoms with Gasteiger partial charge in [-0.3, -0.25) is 4.79 Å². The number of rotatable bonds is 7. The van der Waals surface area contributed by atoms with Crippen LogP contribution in [0.15, 0.2) is 59.8 Å². The van der Waals surface area contributed by atoms with E-state index in [1.807, 2.05) is 37.3 Å². The molecule has 2 aromatic carbocycles. The van der Waals surface area contributed by atoms with Crippen molar-refractivity contribution in [1.29, 1.82) is 0 Å². The fraction of sp³-hybridized carbons (Fsp3) is 0.238. The molecule has 2 aromatic rings. The maximum absolute atomic E-state index is 12.7. The van der Waals surface area contributed by atoms with Gasteiger partial charge in [0.15, 0.2) is 5.75 Å². The van der Waals surface area contributed by atoms with Crippen LogP contribution in [0.2, 0.25) is 0 Å². The van der Waals surface area contributed by atoms with E-state index in [2.05, 4.69) is 5.32 Å². The Hall–Kier alpha value is -3.32. The van der Waals surface area contributed by atoms with Crippen molar-refractivity contribution in [3.63, 3.8) is 0 Å². The highest BCUT2D eigenvalue weighted by molar-refractivity contribution is 6.08. The number of ether oxygens (including phenoxy) is 2. The summed E-state index contributed by atoms with van der Waals surface area (Å²) in [6.45, 7) is 1.96. The minimum absolute atomic E-state index is 0.0786. The van der Waals surface area contributed by atoms with E-state index in [0.29, 0.717) is 17.2 Å². The molecule has 0 saturated heterocycles. The van der Waals surface area contributed by atoms with Crippen molar-refractivity contribution < 1.29 is 24.2 Å². The molecule has 1 amide bonds. The average molecular weight is 382 g/mol. The van der Waals surface area contributed by atoms with E-state index in [-0.39, 0.29) is 36.9 Å². The molecule has 0 aliphatic carbocycles. The third-order valence-corrected chi connectivity index (χ3v) is 4.41. The first kappa shape index (κ1) is 19.4. The van der Waals surface area contributed by atoms with Crippen LogP contribution in [0.5, 0.6) is 11.5 Å². The highest BCUT2D eigenvalue weighted by atomic mass is 16.5. The predicted molar refractivity (Wildman–Crippen MR) is 104 cm³/mol. The first-order valence-corrected chi connectivity index (χ1v) is 8.86. The lowest BCUT2D eigenvalue weighted by Gasteiger charge is -2.16. The number of carbonyl (C=O) groups excluding carboxylic acids is 2. The molecule has 3 rings (SSSR count). The van der Waals surface area contributed by atoms with Gasteiger partial charge < -0.3 is 24.8 Å². The Kier molecular flexibility index (Phi) is 5.96. The van der Waals surface area contributed by atoms with Gasteiger partial charge in [0.05, 0.1) is 31.5 Å². The zero-order valence-electron chi connectivity index (χ0n) is 15.8. The number of hydrogen-bond acceptors (Lipinski definition) is 6. The number of aliphatic hydroxyl groups excluding tert-OH is 1. The molecule has 1 heterocycles. The van der Waals surface area contributed by atoms with Crippen LogP contribution in [0.25, 0.3) is 0 Å². The second-order valence-corrected chi connectivity index (χ2v) is 6.28. The van der Waals surface area contributed by atoms with Crippen molar-refractivity contribution in [3.05, 3.63) is 65.4 Å². The Labute approximate surface area is 163 Å². The Bertz CT molecular complexity index is 923. The van der Waals surface area contributed by atoms with Crippen LogP contribution < -0.4 is 10.1 Å². The number of β-amino-alcohol motifs (C(OH)–C–C–N with tert-alkyl or cyclic N) is 1. The molecule has 7 heteroatoms. The van der Waals surface area contributed by atoms with E-state index >= 15 is 0 Å². The highest BCUT2D eigenvalue weighted by Gasteiger charge is 2.34. The number of anilines is 1. The van der Waals surface area contributed by atoms with Gasteiger partial charge in [-0.15, -0.1) is 0 Å². The molecule has 0 aromatic heterocycles. The molecule has 146 valence electrons. The quantitative estimate of drug-likeness (QED) is 0.716. The number of esters is 1. The molecule has 0 radical (unpaired) electrons. The van der Waals surface area contributed by atoms with Crippen molar-refractivity contribution in [2.24, 2.45) is 0 Å². The van der Waals surface area contributed by atoms with Gasteiger partial charge in [0.25, 0.3) is 5.91 Å². The van der Waals surface area contributed by atoms with E-state index in [1.165, 1.54) is 12.0 Å². The van der Waals surface area contributed by atoms with Crippen molar-refractivity contribution in [3.8, 4) is 11.5 Å². The zero-order valence-corrected chi connectivity index (χ0v) is 15.8. The molecule has 0 bridgehead atoms. The molecular formula is C21H22N2O5. The number of benzene rings is 2. The van der Waals surface area contributed by atoms with Gasteiger partial charge in [0.2, 0.25) is 0 Å². The fourth-order valence-corrected chi connectivity index (χ4v) is 2.93. The SMILES string of the molecule is COC(=O)C1=C(Nc2ccccc2Oc2ccccc2C)C(=O)N(CCO)C1. The third-order valence-electron chi connectivity index (χ3n) is 4.41. The Morgan fingerprint density at radius 3 is 2.50 bits per heavy atom. The standard InChI is InChI=1S/C21H22N2O5/c1-14-7-3-5-9-17(14)28-18-10-6-4-8-16(18)22-19-15(21(26)27-2)13-23(11-12-24)20(19)25/h3-10,22,24H,11-13H2,1-2H3. The number of aliphatic hydroxyl groups is 1. The summed E-state index contributed by atoms with van der Waals surface area (Å²) in [4.78, 5) is 26.2. The zero-order chi connectivity index (χ0) is 20.1. The van der Waals surface area contributed by atoms with Crippen molar-refractivity contribution in [2.45, 2.75) is 6.92 Å². The second kappa shape index (κ2) is 8.58. The minimum atomic E-state index is -0.589. The van der Waals surface area contributed by atoms with E-state index < -0.39 is 5.97 Å². The van der Waals surface area contributed by atoms with Gasteiger partial charge >= 0.3 is 5.97 Å². The van der Waals surface area contributed by atoms with Crippen LogP contribution in [0.3, 0.4) is 0 Å². The molecule has 0 fully saturated rings. The molecule has 0 unspecified atom stereocenters. The van der Waals surface area contributed by atoms with Gasteiger partial charge in [-0.25, -0.2) is 4.79 Å². The predicted octanol–water partition coefficient (Wildman–Crippen LogP) is 2.46. The summed E-state index contributed by atoms with van der Waals surface area (Å²) in [6, 6.07) is 14.8. The van der Waals surface area contributed by atoms with Crippen molar-refractivity contribution in [1.82, 2.24) is 4.90 Å².